The molecule has 154 valence electrons. The van der Waals surface area contributed by atoms with Gasteiger partial charge in [0.25, 0.3) is 5.89 Å². The first-order valence-corrected chi connectivity index (χ1v) is 8.75. The molecule has 2 aromatic heterocycles. The molecule has 10 heteroatoms. The molecule has 0 aliphatic rings. The maximum Gasteiger partial charge on any atom is 0.424 e. The number of hydrogen-bond donors (Lipinski definition) is 1. The maximum absolute atomic E-state index is 13.2. The minimum atomic E-state index is -0.676. The predicted molar refractivity (Wildman–Crippen MR) is 105 cm³/mol. The molecule has 1 aromatic carbocycles. The fourth-order valence-corrected chi connectivity index (χ4v) is 2.38. The molecule has 0 unspecified atom stereocenters. The molecule has 2 heterocycles. The number of carbonyl (C=O) groups is 2. The van der Waals surface area contributed by atoms with Crippen LogP contribution in [0.5, 0.6) is 6.08 Å². The van der Waals surface area contributed by atoms with Gasteiger partial charge in [-0.25, -0.2) is 9.18 Å². The van der Waals surface area contributed by atoms with E-state index in [2.05, 4.69) is 27.1 Å². The third kappa shape index (κ3) is 4.85. The van der Waals surface area contributed by atoms with Gasteiger partial charge in [0, 0.05) is 43.5 Å². The molecule has 0 aliphatic carbocycles. The number of ether oxygens (including phenoxy) is 1. The van der Waals surface area contributed by atoms with Gasteiger partial charge in [-0.3, -0.25) is 9.78 Å². The number of benzene rings is 1. The van der Waals surface area contributed by atoms with Crippen molar-refractivity contribution in [1.82, 2.24) is 25.4 Å². The summed E-state index contributed by atoms with van der Waals surface area (Å²) in [5.41, 5.74) is 2.23. The van der Waals surface area contributed by atoms with Crippen LogP contribution >= 0.6 is 0 Å². The number of aromatic nitrogens is 3. The summed E-state index contributed by atoms with van der Waals surface area (Å²) in [5, 5.41) is 10.3. The topological polar surface area (TPSA) is 110 Å². The predicted octanol–water partition coefficient (Wildman–Crippen LogP) is 2.80. The molecule has 9 nitrogen and oxygen atoms in total. The largest absolute Gasteiger partial charge is 0.424 e. The lowest BCUT2D eigenvalue weighted by Crippen LogP contribution is -2.25. The lowest BCUT2D eigenvalue weighted by Gasteiger charge is -2.10. The fourth-order valence-electron chi connectivity index (χ4n) is 2.38. The Morgan fingerprint density at radius 2 is 2.00 bits per heavy atom. The van der Waals surface area contributed by atoms with E-state index in [0.717, 1.165) is 6.08 Å². The molecule has 0 radical (unpaired) electrons. The molecule has 0 saturated heterocycles. The van der Waals surface area contributed by atoms with Crippen LogP contribution in [-0.2, 0) is 11.3 Å². The Kier molecular flexibility index (Phi) is 6.16. The fraction of sp³-hybridized carbons (Fsp3) is 0.150. The van der Waals surface area contributed by atoms with Crippen molar-refractivity contribution in [3.63, 3.8) is 0 Å². The van der Waals surface area contributed by atoms with Crippen molar-refractivity contribution >= 4 is 12.0 Å². The smallest absolute Gasteiger partial charge is 0.388 e. The highest BCUT2D eigenvalue weighted by Gasteiger charge is 2.18. The van der Waals surface area contributed by atoms with Crippen LogP contribution in [0, 0.1) is 5.82 Å². The minimum absolute atomic E-state index is 0.0603. The average molecular weight is 411 g/mol. The van der Waals surface area contributed by atoms with Crippen molar-refractivity contribution < 1.29 is 23.1 Å². The van der Waals surface area contributed by atoms with E-state index in [1.54, 1.807) is 18.2 Å². The summed E-state index contributed by atoms with van der Waals surface area (Å²) in [7, 11) is 3.02. The zero-order valence-electron chi connectivity index (χ0n) is 16.3. The highest BCUT2D eigenvalue weighted by atomic mass is 19.1. The molecule has 2 amide bonds. The molecule has 0 saturated carbocycles. The summed E-state index contributed by atoms with van der Waals surface area (Å²) in [6.45, 7) is 3.52. The van der Waals surface area contributed by atoms with Gasteiger partial charge in [0.1, 0.15) is 5.82 Å². The van der Waals surface area contributed by atoms with Crippen LogP contribution in [-0.4, -0.2) is 46.2 Å². The number of nitrogens with one attached hydrogen (secondary N) is 1. The molecular formula is C20H18FN5O4. The number of halogens is 1. The number of nitrogens with zero attached hydrogens (tertiary/aromatic N) is 4. The van der Waals surface area contributed by atoms with Crippen molar-refractivity contribution in [3.05, 3.63) is 60.6 Å². The summed E-state index contributed by atoms with van der Waals surface area (Å²) in [4.78, 5) is 28.8. The van der Waals surface area contributed by atoms with Gasteiger partial charge in [0.05, 0.1) is 5.69 Å². The van der Waals surface area contributed by atoms with Crippen LogP contribution in [0.3, 0.4) is 0 Å². The van der Waals surface area contributed by atoms with Crippen molar-refractivity contribution in [2.24, 2.45) is 0 Å². The molecular weight excluding hydrogens is 393 g/mol. The van der Waals surface area contributed by atoms with Crippen LogP contribution < -0.4 is 10.1 Å². The highest BCUT2D eigenvalue weighted by molar-refractivity contribution is 5.87. The number of carbonyl (C=O) groups excluding carboxylic acids is 2. The molecule has 3 aromatic rings. The molecule has 0 bridgehead atoms. The van der Waals surface area contributed by atoms with Gasteiger partial charge < -0.3 is 19.4 Å². The Morgan fingerprint density at radius 1 is 1.27 bits per heavy atom. The first-order valence-electron chi connectivity index (χ1n) is 8.75. The van der Waals surface area contributed by atoms with E-state index in [9.17, 15) is 14.0 Å². The first-order chi connectivity index (χ1) is 14.4. The van der Waals surface area contributed by atoms with Crippen LogP contribution in [0.1, 0.15) is 5.56 Å². The number of pyridine rings is 1. The van der Waals surface area contributed by atoms with Crippen molar-refractivity contribution in [2.45, 2.75) is 6.54 Å². The van der Waals surface area contributed by atoms with E-state index >= 15 is 0 Å². The second kappa shape index (κ2) is 8.95. The summed E-state index contributed by atoms with van der Waals surface area (Å²) in [5.74, 6) is -0.674. The minimum Gasteiger partial charge on any atom is -0.388 e. The van der Waals surface area contributed by atoms with Gasteiger partial charge in [-0.1, -0.05) is 11.7 Å². The Balaban J connectivity index is 1.98. The lowest BCUT2D eigenvalue weighted by molar-refractivity contribution is -0.116. The summed E-state index contributed by atoms with van der Waals surface area (Å²) in [6, 6.07) is 7.46. The van der Waals surface area contributed by atoms with E-state index in [4.69, 9.17) is 9.15 Å². The molecule has 0 aliphatic heterocycles. The SMILES string of the molecule is C=CC(=O)NCc1cnc(-c2ccc(F)cc2)cc1-c1nnc(OC(=O)N(C)C)o1. The quantitative estimate of drug-likeness (QED) is 0.621. The summed E-state index contributed by atoms with van der Waals surface area (Å²) >= 11 is 0. The first kappa shape index (κ1) is 20.6. The number of rotatable bonds is 6. The molecule has 30 heavy (non-hydrogen) atoms. The van der Waals surface area contributed by atoms with Crippen LogP contribution in [0.15, 0.2) is 53.6 Å². The zero-order valence-corrected chi connectivity index (χ0v) is 16.3. The maximum atomic E-state index is 13.2. The van der Waals surface area contributed by atoms with Gasteiger partial charge in [-0.15, -0.1) is 5.10 Å². The zero-order chi connectivity index (χ0) is 21.7. The molecule has 3 rings (SSSR count). The second-order valence-corrected chi connectivity index (χ2v) is 6.29. The van der Waals surface area contributed by atoms with Crippen LogP contribution in [0.2, 0.25) is 0 Å². The van der Waals surface area contributed by atoms with E-state index in [-0.39, 0.29) is 30.2 Å². The third-order valence-electron chi connectivity index (χ3n) is 3.94. The van der Waals surface area contributed by atoms with E-state index in [1.807, 2.05) is 0 Å². The van der Waals surface area contributed by atoms with Gasteiger partial charge in [-0.05, 0) is 36.4 Å². The molecule has 0 fully saturated rings. The van der Waals surface area contributed by atoms with Gasteiger partial charge in [-0.2, -0.15) is 0 Å². The van der Waals surface area contributed by atoms with Gasteiger partial charge in [0.2, 0.25) is 5.91 Å². The Hall–Kier alpha value is -4.08. The van der Waals surface area contributed by atoms with Crippen LogP contribution in [0.25, 0.3) is 22.7 Å². The van der Waals surface area contributed by atoms with Crippen molar-refractivity contribution in [3.8, 4) is 28.8 Å². The molecule has 0 spiro atoms. The van der Waals surface area contributed by atoms with E-state index in [0.29, 0.717) is 22.4 Å². The molecule has 0 atom stereocenters. The third-order valence-corrected chi connectivity index (χ3v) is 3.94. The lowest BCUT2D eigenvalue weighted by atomic mass is 10.0. The van der Waals surface area contributed by atoms with E-state index < -0.39 is 6.09 Å². The van der Waals surface area contributed by atoms with Crippen LogP contribution in [0.4, 0.5) is 9.18 Å². The number of amides is 2. The Bertz CT molecular complexity index is 1080. The second-order valence-electron chi connectivity index (χ2n) is 6.29. The van der Waals surface area contributed by atoms with Crippen molar-refractivity contribution in [2.75, 3.05) is 14.1 Å². The average Bonchev–Trinajstić information content (AvgIpc) is 3.20. The Morgan fingerprint density at radius 3 is 2.67 bits per heavy atom. The standard InChI is InChI=1S/C20H18FN5O4/c1-4-17(27)23-11-13-10-22-16(12-5-7-14(21)8-6-12)9-15(13)18-24-25-19(29-18)30-20(28)26(2)3/h4-10H,1,11H2,2-3H3,(H,23,27). The highest BCUT2D eigenvalue weighted by Crippen LogP contribution is 2.29. The van der Waals surface area contributed by atoms with Gasteiger partial charge in [0.15, 0.2) is 0 Å². The number of hydrogen-bond acceptors (Lipinski definition) is 7. The normalized spacial score (nSPS) is 10.4. The summed E-state index contributed by atoms with van der Waals surface area (Å²) in [6.07, 6.45) is 1.67. The Labute approximate surface area is 171 Å². The monoisotopic (exact) mass is 411 g/mol. The van der Waals surface area contributed by atoms with Crippen molar-refractivity contribution in [1.29, 1.82) is 0 Å². The van der Waals surface area contributed by atoms with Gasteiger partial charge >= 0.3 is 12.2 Å². The van der Waals surface area contributed by atoms with E-state index in [1.165, 1.54) is 37.3 Å². The molecule has 1 N–H and O–H groups in total. The summed E-state index contributed by atoms with van der Waals surface area (Å²) < 4.78 is 23.7.